The van der Waals surface area contributed by atoms with Crippen LogP contribution in [0.2, 0.25) is 0 Å². The van der Waals surface area contributed by atoms with Crippen molar-refractivity contribution in [3.05, 3.63) is 22.3 Å². The van der Waals surface area contributed by atoms with Crippen LogP contribution in [-0.2, 0) is 4.74 Å². The molecule has 76 valence electrons. The number of rotatable bonds is 0. The number of pyridine rings is 1. The molecule has 0 saturated heterocycles. The second-order valence-corrected chi connectivity index (χ2v) is 4.70. The number of hydrogen-bond donors (Lipinski definition) is 0. The lowest BCUT2D eigenvalue weighted by molar-refractivity contribution is 0.0423. The van der Waals surface area contributed by atoms with Crippen molar-refractivity contribution in [1.29, 1.82) is 0 Å². The van der Waals surface area contributed by atoms with Crippen LogP contribution in [-0.4, -0.2) is 15.9 Å². The van der Waals surface area contributed by atoms with E-state index in [9.17, 15) is 4.79 Å². The summed E-state index contributed by atoms with van der Waals surface area (Å²) in [5, 5.41) is 0.956. The lowest BCUT2D eigenvalue weighted by atomic mass is 10.1. The number of cyclic esters (lactones) is 1. The van der Waals surface area contributed by atoms with Crippen LogP contribution in [0.3, 0.4) is 0 Å². The molecule has 2 aromatic rings. The normalized spacial score (nSPS) is 19.3. The van der Waals surface area contributed by atoms with Gasteiger partial charge in [-0.3, -0.25) is 0 Å². The highest BCUT2D eigenvalue weighted by Gasteiger charge is 2.31. The monoisotopic (exact) mass is 220 g/mol. The smallest absolute Gasteiger partial charge is 0.340 e. The molecule has 1 aliphatic rings. The summed E-state index contributed by atoms with van der Waals surface area (Å²) in [5.41, 5.74) is 2.25. The van der Waals surface area contributed by atoms with Gasteiger partial charge in [-0.05, 0) is 13.8 Å². The molecular formula is C10H8N2O2S. The standard InChI is InChI=1S/C10H8N2O2S/c1-4-7-6(10(13)14-4)3-11-9-8(7)12-5(2)15-9/h3-4H,1-2H3. The third-order valence-corrected chi connectivity index (χ3v) is 3.36. The predicted octanol–water partition coefficient (Wildman–Crippen LogP) is 2.23. The fraction of sp³-hybridized carbons (Fsp3) is 0.300. The molecule has 0 amide bonds. The van der Waals surface area contributed by atoms with Crippen LogP contribution < -0.4 is 0 Å². The SMILES string of the molecule is Cc1nc2c3c(cnc2s1)C(=O)OC3C. The van der Waals surface area contributed by atoms with Crippen molar-refractivity contribution < 1.29 is 9.53 Å². The van der Waals surface area contributed by atoms with E-state index in [1.165, 1.54) is 11.3 Å². The van der Waals surface area contributed by atoms with E-state index in [4.69, 9.17) is 4.74 Å². The summed E-state index contributed by atoms with van der Waals surface area (Å²) in [6, 6.07) is 0. The van der Waals surface area contributed by atoms with Gasteiger partial charge >= 0.3 is 5.97 Å². The Balaban J connectivity index is 2.43. The Morgan fingerprint density at radius 1 is 1.53 bits per heavy atom. The molecule has 0 aliphatic carbocycles. The molecule has 2 aromatic heterocycles. The molecule has 4 nitrogen and oxygen atoms in total. The number of hydrogen-bond acceptors (Lipinski definition) is 5. The van der Waals surface area contributed by atoms with E-state index in [1.54, 1.807) is 6.20 Å². The fourth-order valence-corrected chi connectivity index (χ4v) is 2.63. The Kier molecular flexibility index (Phi) is 1.62. The number of aryl methyl sites for hydroxylation is 1. The first kappa shape index (κ1) is 8.79. The number of carbonyl (C=O) groups is 1. The van der Waals surface area contributed by atoms with E-state index in [2.05, 4.69) is 9.97 Å². The van der Waals surface area contributed by atoms with E-state index < -0.39 is 0 Å². The molecule has 0 N–H and O–H groups in total. The van der Waals surface area contributed by atoms with Crippen molar-refractivity contribution in [3.63, 3.8) is 0 Å². The minimum Gasteiger partial charge on any atom is -0.454 e. The van der Waals surface area contributed by atoms with Gasteiger partial charge in [0.15, 0.2) is 0 Å². The minimum atomic E-state index is -0.294. The number of esters is 1. The summed E-state index contributed by atoms with van der Waals surface area (Å²) >= 11 is 1.53. The third-order valence-electron chi connectivity index (χ3n) is 2.48. The quantitative estimate of drug-likeness (QED) is 0.639. The molecular weight excluding hydrogens is 212 g/mol. The maximum Gasteiger partial charge on any atom is 0.340 e. The minimum absolute atomic E-state index is 0.209. The zero-order valence-corrected chi connectivity index (χ0v) is 9.09. The van der Waals surface area contributed by atoms with Gasteiger partial charge < -0.3 is 4.74 Å². The van der Waals surface area contributed by atoms with Crippen LogP contribution >= 0.6 is 11.3 Å². The second kappa shape index (κ2) is 2.76. The molecule has 0 saturated carbocycles. The maximum absolute atomic E-state index is 11.4. The highest BCUT2D eigenvalue weighted by atomic mass is 32.1. The van der Waals surface area contributed by atoms with Gasteiger partial charge in [0.1, 0.15) is 16.5 Å². The van der Waals surface area contributed by atoms with E-state index in [0.29, 0.717) is 5.56 Å². The van der Waals surface area contributed by atoms with E-state index in [0.717, 1.165) is 20.9 Å². The number of aromatic nitrogens is 2. The Morgan fingerprint density at radius 3 is 3.13 bits per heavy atom. The first-order valence-corrected chi connectivity index (χ1v) is 5.45. The highest BCUT2D eigenvalue weighted by Crippen LogP contribution is 2.36. The maximum atomic E-state index is 11.4. The van der Waals surface area contributed by atoms with Gasteiger partial charge in [-0.1, -0.05) is 11.3 Å². The van der Waals surface area contributed by atoms with Crippen molar-refractivity contribution >= 4 is 27.7 Å². The summed E-state index contributed by atoms with van der Waals surface area (Å²) < 4.78 is 5.13. The molecule has 15 heavy (non-hydrogen) atoms. The zero-order valence-electron chi connectivity index (χ0n) is 8.27. The van der Waals surface area contributed by atoms with Crippen molar-refractivity contribution in [2.75, 3.05) is 0 Å². The lowest BCUT2D eigenvalue weighted by Crippen LogP contribution is -1.94. The summed E-state index contributed by atoms with van der Waals surface area (Å²) in [6.07, 6.45) is 1.38. The number of ether oxygens (including phenoxy) is 1. The molecule has 0 radical (unpaired) electrons. The zero-order chi connectivity index (χ0) is 10.6. The van der Waals surface area contributed by atoms with Crippen molar-refractivity contribution in [2.24, 2.45) is 0 Å². The molecule has 0 spiro atoms. The van der Waals surface area contributed by atoms with Crippen LogP contribution in [0, 0.1) is 6.92 Å². The van der Waals surface area contributed by atoms with E-state index >= 15 is 0 Å². The van der Waals surface area contributed by atoms with Gasteiger partial charge in [0.25, 0.3) is 0 Å². The molecule has 5 heteroatoms. The average Bonchev–Trinajstić information content (AvgIpc) is 2.66. The fourth-order valence-electron chi connectivity index (χ4n) is 1.86. The highest BCUT2D eigenvalue weighted by molar-refractivity contribution is 7.18. The van der Waals surface area contributed by atoms with Crippen LogP contribution in [0.5, 0.6) is 0 Å². The van der Waals surface area contributed by atoms with Crippen molar-refractivity contribution in [1.82, 2.24) is 9.97 Å². The Bertz CT molecular complexity index is 576. The number of fused-ring (bicyclic) bond motifs is 3. The van der Waals surface area contributed by atoms with Crippen LogP contribution in [0.15, 0.2) is 6.20 Å². The second-order valence-electron chi connectivity index (χ2n) is 3.52. The Morgan fingerprint density at radius 2 is 2.33 bits per heavy atom. The summed E-state index contributed by atoms with van der Waals surface area (Å²) in [6.45, 7) is 3.79. The molecule has 1 unspecified atom stereocenters. The summed E-state index contributed by atoms with van der Waals surface area (Å²) in [7, 11) is 0. The molecule has 0 aromatic carbocycles. The summed E-state index contributed by atoms with van der Waals surface area (Å²) in [5.74, 6) is -0.294. The van der Waals surface area contributed by atoms with Crippen molar-refractivity contribution in [2.45, 2.75) is 20.0 Å². The first-order valence-electron chi connectivity index (χ1n) is 4.64. The van der Waals surface area contributed by atoms with Gasteiger partial charge in [-0.25, -0.2) is 14.8 Å². The van der Waals surface area contributed by atoms with Gasteiger partial charge in [-0.15, -0.1) is 0 Å². The number of thiazole rings is 1. The third kappa shape index (κ3) is 1.10. The molecule has 0 bridgehead atoms. The van der Waals surface area contributed by atoms with Gasteiger partial charge in [-0.2, -0.15) is 0 Å². The molecule has 3 heterocycles. The predicted molar refractivity (Wildman–Crippen MR) is 56.0 cm³/mol. The van der Waals surface area contributed by atoms with Gasteiger partial charge in [0, 0.05) is 11.8 Å². The molecule has 0 fully saturated rings. The van der Waals surface area contributed by atoms with Gasteiger partial charge in [0.2, 0.25) is 0 Å². The van der Waals surface area contributed by atoms with Crippen LogP contribution in [0.4, 0.5) is 0 Å². The Labute approximate surface area is 89.9 Å². The van der Waals surface area contributed by atoms with E-state index in [-0.39, 0.29) is 12.1 Å². The largest absolute Gasteiger partial charge is 0.454 e. The first-order chi connectivity index (χ1) is 7.16. The van der Waals surface area contributed by atoms with Crippen molar-refractivity contribution in [3.8, 4) is 0 Å². The van der Waals surface area contributed by atoms with E-state index in [1.807, 2.05) is 13.8 Å². The number of carbonyl (C=O) groups excluding carboxylic acids is 1. The molecule has 3 rings (SSSR count). The topological polar surface area (TPSA) is 52.1 Å². The van der Waals surface area contributed by atoms with Crippen LogP contribution in [0.25, 0.3) is 10.3 Å². The van der Waals surface area contributed by atoms with Gasteiger partial charge in [0.05, 0.1) is 10.6 Å². The number of nitrogens with zero attached hydrogens (tertiary/aromatic N) is 2. The molecule has 1 aliphatic heterocycles. The average molecular weight is 220 g/mol. The lowest BCUT2D eigenvalue weighted by Gasteiger charge is -2.01. The Hall–Kier alpha value is -1.49. The molecule has 1 atom stereocenters. The summed E-state index contributed by atoms with van der Waals surface area (Å²) in [4.78, 5) is 20.9. The van der Waals surface area contributed by atoms with Crippen LogP contribution in [0.1, 0.15) is 34.0 Å².